The van der Waals surface area contributed by atoms with E-state index in [4.69, 9.17) is 4.74 Å². The van der Waals surface area contributed by atoms with Gasteiger partial charge in [-0.05, 0) is 38.1 Å². The van der Waals surface area contributed by atoms with E-state index < -0.39 is 0 Å². The lowest BCUT2D eigenvalue weighted by Crippen LogP contribution is -2.28. The highest BCUT2D eigenvalue weighted by molar-refractivity contribution is 6.03. The molecule has 1 aliphatic heterocycles. The first-order valence-corrected chi connectivity index (χ1v) is 7.76. The van der Waals surface area contributed by atoms with Crippen LogP contribution in [-0.2, 0) is 9.59 Å². The number of benzene rings is 1. The van der Waals surface area contributed by atoms with Gasteiger partial charge in [-0.25, -0.2) is 0 Å². The zero-order valence-electron chi connectivity index (χ0n) is 13.9. The number of carbonyl (C=O) groups excluding carboxylic acids is 2. The molecule has 1 aromatic carbocycles. The van der Waals surface area contributed by atoms with Crippen LogP contribution in [0.15, 0.2) is 24.3 Å². The van der Waals surface area contributed by atoms with E-state index in [1.807, 2.05) is 26.0 Å². The first-order valence-electron chi connectivity index (χ1n) is 7.76. The summed E-state index contributed by atoms with van der Waals surface area (Å²) in [6.07, 6.45) is 0.202. The average Bonchev–Trinajstić information content (AvgIpc) is 3.12. The van der Waals surface area contributed by atoms with Crippen LogP contribution >= 0.6 is 0 Å². The third-order valence-corrected chi connectivity index (χ3v) is 4.26. The normalized spacial score (nSPS) is 17.2. The summed E-state index contributed by atoms with van der Waals surface area (Å²) in [6.45, 7) is 4.04. The predicted octanol–water partition coefficient (Wildman–Crippen LogP) is 2.03. The van der Waals surface area contributed by atoms with Gasteiger partial charge in [0.25, 0.3) is 0 Å². The smallest absolute Gasteiger partial charge is 0.229 e. The quantitative estimate of drug-likeness (QED) is 0.899. The standard InChI is InChI=1S/C17H20N4O3/c1-10-16(11(2)20-19-10)18-17(23)12-8-15(22)21(9-12)13-4-6-14(24-3)7-5-13/h4-7,12H,8-9H2,1-3H3,(H,18,23)(H,19,20). The molecule has 2 amide bonds. The van der Waals surface area contributed by atoms with Gasteiger partial charge in [-0.1, -0.05) is 0 Å². The molecule has 1 fully saturated rings. The number of hydrogen-bond donors (Lipinski definition) is 2. The van der Waals surface area contributed by atoms with E-state index in [-0.39, 0.29) is 24.2 Å². The first-order chi connectivity index (χ1) is 11.5. The van der Waals surface area contributed by atoms with E-state index in [2.05, 4.69) is 15.5 Å². The molecule has 1 saturated heterocycles. The Hall–Kier alpha value is -2.83. The van der Waals surface area contributed by atoms with Crippen LogP contribution in [0.3, 0.4) is 0 Å². The zero-order chi connectivity index (χ0) is 17.3. The SMILES string of the molecule is COc1ccc(N2CC(C(=O)Nc3c(C)n[nH]c3C)CC2=O)cc1. The molecule has 1 unspecified atom stereocenters. The summed E-state index contributed by atoms with van der Waals surface area (Å²) in [6, 6.07) is 7.24. The summed E-state index contributed by atoms with van der Waals surface area (Å²) >= 11 is 0. The molecule has 7 nitrogen and oxygen atoms in total. The Morgan fingerprint density at radius 3 is 2.62 bits per heavy atom. The number of nitrogens with zero attached hydrogens (tertiary/aromatic N) is 2. The van der Waals surface area contributed by atoms with Crippen molar-refractivity contribution in [2.75, 3.05) is 23.9 Å². The van der Waals surface area contributed by atoms with Crippen molar-refractivity contribution < 1.29 is 14.3 Å². The Morgan fingerprint density at radius 1 is 1.33 bits per heavy atom. The van der Waals surface area contributed by atoms with E-state index in [0.29, 0.717) is 12.2 Å². The lowest BCUT2D eigenvalue weighted by atomic mass is 10.1. The van der Waals surface area contributed by atoms with Crippen molar-refractivity contribution in [3.8, 4) is 5.75 Å². The van der Waals surface area contributed by atoms with Gasteiger partial charge in [0.1, 0.15) is 5.75 Å². The minimum atomic E-state index is -0.381. The molecule has 7 heteroatoms. The predicted molar refractivity (Wildman–Crippen MR) is 90.1 cm³/mol. The second-order valence-corrected chi connectivity index (χ2v) is 5.90. The Bertz CT molecular complexity index is 747. The van der Waals surface area contributed by atoms with Crippen LogP contribution in [0.4, 0.5) is 11.4 Å². The molecule has 1 aliphatic rings. The molecule has 0 spiro atoms. The van der Waals surface area contributed by atoms with Crippen LogP contribution in [0.1, 0.15) is 17.8 Å². The van der Waals surface area contributed by atoms with Crippen molar-refractivity contribution in [2.24, 2.45) is 5.92 Å². The molecule has 2 N–H and O–H groups in total. The van der Waals surface area contributed by atoms with Crippen LogP contribution in [0.25, 0.3) is 0 Å². The van der Waals surface area contributed by atoms with E-state index >= 15 is 0 Å². The van der Waals surface area contributed by atoms with Gasteiger partial charge in [0.15, 0.2) is 0 Å². The number of anilines is 2. The minimum Gasteiger partial charge on any atom is -0.497 e. The first kappa shape index (κ1) is 16.0. The van der Waals surface area contributed by atoms with Crippen molar-refractivity contribution in [3.63, 3.8) is 0 Å². The highest BCUT2D eigenvalue weighted by atomic mass is 16.5. The summed E-state index contributed by atoms with van der Waals surface area (Å²) in [5.41, 5.74) is 3.00. The maximum atomic E-state index is 12.5. The maximum absolute atomic E-state index is 12.5. The number of amides is 2. The van der Waals surface area contributed by atoms with Crippen molar-refractivity contribution in [3.05, 3.63) is 35.7 Å². The number of aromatic nitrogens is 2. The van der Waals surface area contributed by atoms with Crippen molar-refractivity contribution in [1.82, 2.24) is 10.2 Å². The highest BCUT2D eigenvalue weighted by Crippen LogP contribution is 2.28. The molecule has 1 aromatic heterocycles. The fraction of sp³-hybridized carbons (Fsp3) is 0.353. The van der Waals surface area contributed by atoms with Crippen molar-refractivity contribution in [2.45, 2.75) is 20.3 Å². The number of nitrogens with one attached hydrogen (secondary N) is 2. The van der Waals surface area contributed by atoms with E-state index in [1.54, 1.807) is 24.1 Å². The second-order valence-electron chi connectivity index (χ2n) is 5.90. The topological polar surface area (TPSA) is 87.3 Å². The van der Waals surface area contributed by atoms with Crippen LogP contribution in [-0.4, -0.2) is 35.7 Å². The van der Waals surface area contributed by atoms with E-state index in [0.717, 1.165) is 22.8 Å². The zero-order valence-corrected chi connectivity index (χ0v) is 13.9. The Kier molecular flexibility index (Phi) is 4.24. The molecular formula is C17H20N4O3. The molecular weight excluding hydrogens is 308 g/mol. The molecule has 126 valence electrons. The van der Waals surface area contributed by atoms with Gasteiger partial charge in [0.05, 0.1) is 30.1 Å². The number of aromatic amines is 1. The maximum Gasteiger partial charge on any atom is 0.229 e. The summed E-state index contributed by atoms with van der Waals surface area (Å²) in [5, 5.41) is 9.77. The molecule has 2 heterocycles. The number of H-pyrrole nitrogens is 1. The van der Waals surface area contributed by atoms with Gasteiger partial charge in [0.2, 0.25) is 11.8 Å². The molecule has 3 rings (SSSR count). The van der Waals surface area contributed by atoms with Crippen LogP contribution in [0.5, 0.6) is 5.75 Å². The Morgan fingerprint density at radius 2 is 2.04 bits per heavy atom. The molecule has 2 aromatic rings. The van der Waals surface area contributed by atoms with Crippen molar-refractivity contribution >= 4 is 23.2 Å². The van der Waals surface area contributed by atoms with Crippen LogP contribution < -0.4 is 15.0 Å². The highest BCUT2D eigenvalue weighted by Gasteiger charge is 2.35. The molecule has 0 aliphatic carbocycles. The third kappa shape index (κ3) is 2.97. The summed E-state index contributed by atoms with van der Waals surface area (Å²) in [7, 11) is 1.59. The average molecular weight is 328 g/mol. The Labute approximate surface area is 140 Å². The van der Waals surface area contributed by atoms with Gasteiger partial charge >= 0.3 is 0 Å². The van der Waals surface area contributed by atoms with E-state index in [9.17, 15) is 9.59 Å². The van der Waals surface area contributed by atoms with Gasteiger partial charge in [-0.2, -0.15) is 5.10 Å². The monoisotopic (exact) mass is 328 g/mol. The van der Waals surface area contributed by atoms with Gasteiger partial charge in [-0.15, -0.1) is 0 Å². The fourth-order valence-electron chi connectivity index (χ4n) is 2.86. The number of methoxy groups -OCH3 is 1. The third-order valence-electron chi connectivity index (χ3n) is 4.26. The van der Waals surface area contributed by atoms with E-state index in [1.165, 1.54) is 0 Å². The molecule has 1 atom stereocenters. The molecule has 0 saturated carbocycles. The largest absolute Gasteiger partial charge is 0.497 e. The number of hydrogen-bond acceptors (Lipinski definition) is 4. The molecule has 0 radical (unpaired) electrons. The lowest BCUT2D eigenvalue weighted by molar-refractivity contribution is -0.122. The van der Waals surface area contributed by atoms with Gasteiger partial charge in [0, 0.05) is 18.7 Å². The summed E-state index contributed by atoms with van der Waals surface area (Å²) < 4.78 is 5.12. The molecule has 0 bridgehead atoms. The lowest BCUT2D eigenvalue weighted by Gasteiger charge is -2.17. The Balaban J connectivity index is 1.70. The van der Waals surface area contributed by atoms with Gasteiger partial charge in [-0.3, -0.25) is 14.7 Å². The summed E-state index contributed by atoms with van der Waals surface area (Å²) in [4.78, 5) is 26.4. The van der Waals surface area contributed by atoms with Crippen molar-refractivity contribution in [1.29, 1.82) is 0 Å². The van der Waals surface area contributed by atoms with Gasteiger partial charge < -0.3 is 15.0 Å². The number of ether oxygens (including phenoxy) is 1. The number of aryl methyl sites for hydroxylation is 2. The number of carbonyl (C=O) groups is 2. The minimum absolute atomic E-state index is 0.0547. The summed E-state index contributed by atoms with van der Waals surface area (Å²) in [5.74, 6) is 0.131. The number of rotatable bonds is 4. The second kappa shape index (κ2) is 6.35. The molecule has 24 heavy (non-hydrogen) atoms. The van der Waals surface area contributed by atoms with Crippen LogP contribution in [0, 0.1) is 19.8 Å². The van der Waals surface area contributed by atoms with Crippen LogP contribution in [0.2, 0.25) is 0 Å². The fourth-order valence-corrected chi connectivity index (χ4v) is 2.86.